The molecule has 0 unspecified atom stereocenters. The van der Waals surface area contributed by atoms with E-state index in [1.807, 2.05) is 42.7 Å². The second-order valence-electron chi connectivity index (χ2n) is 7.38. The van der Waals surface area contributed by atoms with Crippen molar-refractivity contribution in [2.75, 3.05) is 0 Å². The molecule has 5 rings (SSSR count). The molecule has 4 aromatic rings. The predicted molar refractivity (Wildman–Crippen MR) is 109 cm³/mol. The molecule has 1 aliphatic carbocycles. The number of aromatic nitrogens is 3. The van der Waals surface area contributed by atoms with Gasteiger partial charge in [0.25, 0.3) is 5.56 Å². The Morgan fingerprint density at radius 3 is 2.75 bits per heavy atom. The summed E-state index contributed by atoms with van der Waals surface area (Å²) in [6.45, 7) is 3.86. The van der Waals surface area contributed by atoms with Crippen molar-refractivity contribution in [3.05, 3.63) is 51.6 Å². The summed E-state index contributed by atoms with van der Waals surface area (Å²) in [6, 6.07) is 7.87. The maximum absolute atomic E-state index is 13.4. The van der Waals surface area contributed by atoms with E-state index in [2.05, 4.69) is 5.16 Å². The van der Waals surface area contributed by atoms with Gasteiger partial charge in [-0.1, -0.05) is 41.9 Å². The van der Waals surface area contributed by atoms with Crippen LogP contribution in [-0.2, 0) is 5.75 Å². The van der Waals surface area contributed by atoms with Gasteiger partial charge in [0, 0.05) is 22.7 Å². The average molecular weight is 395 g/mol. The zero-order valence-corrected chi connectivity index (χ0v) is 16.7. The third kappa shape index (κ3) is 2.76. The molecule has 0 amide bonds. The van der Waals surface area contributed by atoms with Gasteiger partial charge in [0.2, 0.25) is 5.58 Å². The van der Waals surface area contributed by atoms with Gasteiger partial charge < -0.3 is 8.94 Å². The van der Waals surface area contributed by atoms with Crippen molar-refractivity contribution in [1.29, 1.82) is 0 Å². The molecule has 1 aliphatic rings. The molecule has 7 heteroatoms. The van der Waals surface area contributed by atoms with Gasteiger partial charge in [-0.3, -0.25) is 9.36 Å². The smallest absolute Gasteiger partial charge is 0.298 e. The van der Waals surface area contributed by atoms with Gasteiger partial charge in [-0.05, 0) is 38.8 Å². The quantitative estimate of drug-likeness (QED) is 0.351. The van der Waals surface area contributed by atoms with Gasteiger partial charge in [-0.25, -0.2) is 4.98 Å². The van der Waals surface area contributed by atoms with Gasteiger partial charge >= 0.3 is 0 Å². The van der Waals surface area contributed by atoms with Crippen LogP contribution in [0.15, 0.2) is 43.2 Å². The molecule has 3 aromatic heterocycles. The maximum atomic E-state index is 13.4. The average Bonchev–Trinajstić information content (AvgIpc) is 3.41. The summed E-state index contributed by atoms with van der Waals surface area (Å²) in [6.07, 6.45) is 4.30. The SMILES string of the molecule is Cc1noc(C)c1CSc1nc2c(oc3ccccc32)c(=O)n1C1CCCC1. The molecule has 0 saturated heterocycles. The van der Waals surface area contributed by atoms with Crippen LogP contribution in [0.2, 0.25) is 0 Å². The Morgan fingerprint density at radius 1 is 1.21 bits per heavy atom. The molecule has 1 saturated carbocycles. The van der Waals surface area contributed by atoms with Crippen LogP contribution in [0.3, 0.4) is 0 Å². The molecule has 28 heavy (non-hydrogen) atoms. The largest absolute Gasteiger partial charge is 0.448 e. The summed E-state index contributed by atoms with van der Waals surface area (Å²) < 4.78 is 13.0. The van der Waals surface area contributed by atoms with Crippen molar-refractivity contribution in [3.8, 4) is 0 Å². The summed E-state index contributed by atoms with van der Waals surface area (Å²) in [5.74, 6) is 1.48. The monoisotopic (exact) mass is 395 g/mol. The fraction of sp³-hybridized carbons (Fsp3) is 0.381. The molecule has 1 fully saturated rings. The van der Waals surface area contributed by atoms with Crippen molar-refractivity contribution >= 4 is 33.8 Å². The lowest BCUT2D eigenvalue weighted by Gasteiger charge is -2.17. The van der Waals surface area contributed by atoms with Crippen molar-refractivity contribution < 1.29 is 8.94 Å². The molecular formula is C21H21N3O3S. The van der Waals surface area contributed by atoms with Crippen LogP contribution in [0.25, 0.3) is 22.1 Å². The first-order chi connectivity index (χ1) is 13.6. The molecule has 3 heterocycles. The zero-order valence-electron chi connectivity index (χ0n) is 15.9. The Labute approximate surface area is 165 Å². The number of benzene rings is 1. The Balaban J connectivity index is 1.67. The normalized spacial score (nSPS) is 15.2. The zero-order chi connectivity index (χ0) is 19.3. The number of furan rings is 1. The highest BCUT2D eigenvalue weighted by atomic mass is 32.2. The molecule has 144 valence electrons. The molecular weight excluding hydrogens is 374 g/mol. The van der Waals surface area contributed by atoms with E-state index in [-0.39, 0.29) is 11.6 Å². The number of rotatable bonds is 4. The van der Waals surface area contributed by atoms with Gasteiger partial charge in [0.05, 0.1) is 5.69 Å². The minimum atomic E-state index is -0.0747. The molecule has 0 radical (unpaired) electrons. The second-order valence-corrected chi connectivity index (χ2v) is 8.32. The highest BCUT2D eigenvalue weighted by Gasteiger charge is 2.25. The van der Waals surface area contributed by atoms with Gasteiger partial charge in [0.1, 0.15) is 16.9 Å². The van der Waals surface area contributed by atoms with E-state index in [1.165, 1.54) is 0 Å². The molecule has 0 N–H and O–H groups in total. The number of aryl methyl sites for hydroxylation is 2. The second kappa shape index (κ2) is 6.81. The number of fused-ring (bicyclic) bond motifs is 3. The third-order valence-corrected chi connectivity index (χ3v) is 6.59. The van der Waals surface area contributed by atoms with Crippen LogP contribution >= 0.6 is 11.8 Å². The summed E-state index contributed by atoms with van der Waals surface area (Å²) in [5.41, 5.74) is 3.58. The summed E-state index contributed by atoms with van der Waals surface area (Å²) >= 11 is 1.57. The number of para-hydroxylation sites is 1. The minimum absolute atomic E-state index is 0.0747. The van der Waals surface area contributed by atoms with Crippen LogP contribution in [0.4, 0.5) is 0 Å². The topological polar surface area (TPSA) is 74.1 Å². The predicted octanol–water partition coefficient (Wildman–Crippen LogP) is 5.15. The van der Waals surface area contributed by atoms with Crippen LogP contribution in [0, 0.1) is 13.8 Å². The lowest BCUT2D eigenvalue weighted by molar-refractivity contribution is 0.392. The minimum Gasteiger partial charge on any atom is -0.448 e. The number of hydrogen-bond donors (Lipinski definition) is 0. The molecule has 0 bridgehead atoms. The van der Waals surface area contributed by atoms with E-state index in [4.69, 9.17) is 13.9 Å². The van der Waals surface area contributed by atoms with Gasteiger partial charge in [-0.2, -0.15) is 0 Å². The third-order valence-electron chi connectivity index (χ3n) is 5.61. The summed E-state index contributed by atoms with van der Waals surface area (Å²) in [7, 11) is 0. The van der Waals surface area contributed by atoms with Gasteiger partial charge in [0.15, 0.2) is 5.16 Å². The highest BCUT2D eigenvalue weighted by molar-refractivity contribution is 7.98. The maximum Gasteiger partial charge on any atom is 0.298 e. The van der Waals surface area contributed by atoms with E-state index in [0.29, 0.717) is 22.4 Å². The van der Waals surface area contributed by atoms with E-state index in [1.54, 1.807) is 11.8 Å². The summed E-state index contributed by atoms with van der Waals surface area (Å²) in [4.78, 5) is 18.3. The highest BCUT2D eigenvalue weighted by Crippen LogP contribution is 2.35. The Hall–Kier alpha value is -2.54. The summed E-state index contributed by atoms with van der Waals surface area (Å²) in [5, 5.41) is 5.66. The molecule has 0 aliphatic heterocycles. The molecule has 0 atom stereocenters. The molecule has 0 spiro atoms. The number of nitrogens with zero attached hydrogens (tertiary/aromatic N) is 3. The van der Waals surface area contributed by atoms with Crippen molar-refractivity contribution in [1.82, 2.24) is 14.7 Å². The molecule has 6 nitrogen and oxygen atoms in total. The van der Waals surface area contributed by atoms with Crippen molar-refractivity contribution in [2.24, 2.45) is 0 Å². The lowest BCUT2D eigenvalue weighted by atomic mass is 10.2. The molecule has 1 aromatic carbocycles. The van der Waals surface area contributed by atoms with E-state index >= 15 is 0 Å². The van der Waals surface area contributed by atoms with Crippen LogP contribution < -0.4 is 5.56 Å². The standard InChI is InChI=1S/C21H21N3O3S/c1-12-16(13(2)27-23-12)11-28-21-22-18-15-9-5-6-10-17(15)26-19(18)20(25)24(21)14-7-3-4-8-14/h5-6,9-10,14H,3-4,7-8,11H2,1-2H3. The lowest BCUT2D eigenvalue weighted by Crippen LogP contribution is -2.26. The first-order valence-electron chi connectivity index (χ1n) is 9.62. The van der Waals surface area contributed by atoms with Crippen LogP contribution in [0.1, 0.15) is 48.7 Å². The van der Waals surface area contributed by atoms with Crippen LogP contribution in [-0.4, -0.2) is 14.7 Å². The Kier molecular flexibility index (Phi) is 4.27. The fourth-order valence-electron chi connectivity index (χ4n) is 4.06. The van der Waals surface area contributed by atoms with E-state index in [9.17, 15) is 4.79 Å². The van der Waals surface area contributed by atoms with E-state index < -0.39 is 0 Å². The number of thioether (sulfide) groups is 1. The van der Waals surface area contributed by atoms with Crippen molar-refractivity contribution in [3.63, 3.8) is 0 Å². The first-order valence-corrected chi connectivity index (χ1v) is 10.6. The van der Waals surface area contributed by atoms with Gasteiger partial charge in [-0.15, -0.1) is 0 Å². The van der Waals surface area contributed by atoms with Crippen molar-refractivity contribution in [2.45, 2.75) is 56.5 Å². The Bertz CT molecular complexity index is 1210. The van der Waals surface area contributed by atoms with Crippen LogP contribution in [0.5, 0.6) is 0 Å². The Morgan fingerprint density at radius 2 is 2.00 bits per heavy atom. The fourth-order valence-corrected chi connectivity index (χ4v) is 5.28. The first kappa shape index (κ1) is 17.6. The van der Waals surface area contributed by atoms with E-state index in [0.717, 1.165) is 53.2 Å². The number of hydrogen-bond acceptors (Lipinski definition) is 6.